The maximum absolute atomic E-state index is 13.2. The molecule has 5 nitrogen and oxygen atoms in total. The van der Waals surface area contributed by atoms with E-state index in [2.05, 4.69) is 26.0 Å². The molecule has 4 rings (SSSR count). The van der Waals surface area contributed by atoms with Gasteiger partial charge in [-0.25, -0.2) is 4.98 Å². The van der Waals surface area contributed by atoms with Crippen LogP contribution in [-0.4, -0.2) is 44.5 Å². The van der Waals surface area contributed by atoms with E-state index in [9.17, 15) is 9.59 Å². The highest BCUT2D eigenvalue weighted by Gasteiger charge is 2.27. The summed E-state index contributed by atoms with van der Waals surface area (Å²) in [5.74, 6) is 1.19. The third-order valence-electron chi connectivity index (χ3n) is 5.89. The van der Waals surface area contributed by atoms with Gasteiger partial charge in [0.1, 0.15) is 0 Å². The highest BCUT2D eigenvalue weighted by atomic mass is 32.2. The van der Waals surface area contributed by atoms with Gasteiger partial charge in [0.25, 0.3) is 5.56 Å². The molecule has 3 heterocycles. The number of hydrogen-bond acceptors (Lipinski definition) is 5. The van der Waals surface area contributed by atoms with Gasteiger partial charge < -0.3 is 4.90 Å². The predicted molar refractivity (Wildman–Crippen MR) is 123 cm³/mol. The van der Waals surface area contributed by atoms with Crippen molar-refractivity contribution in [2.45, 2.75) is 61.4 Å². The van der Waals surface area contributed by atoms with E-state index in [4.69, 9.17) is 4.98 Å². The number of thioether (sulfide) groups is 2. The van der Waals surface area contributed by atoms with Crippen molar-refractivity contribution in [3.63, 3.8) is 0 Å². The molecule has 1 aromatic heterocycles. The fourth-order valence-corrected chi connectivity index (χ4v) is 6.06. The molecular weight excluding hydrogens is 414 g/mol. The van der Waals surface area contributed by atoms with Crippen LogP contribution in [0.1, 0.15) is 37.9 Å². The normalized spacial score (nSPS) is 19.1. The van der Waals surface area contributed by atoms with E-state index in [0.29, 0.717) is 28.6 Å². The van der Waals surface area contributed by atoms with Gasteiger partial charge in [-0.3, -0.25) is 14.2 Å². The third-order valence-corrected chi connectivity index (χ3v) is 8.07. The van der Waals surface area contributed by atoms with Crippen molar-refractivity contribution >= 4 is 29.4 Å². The molecule has 1 aromatic carbocycles. The number of hydrogen-bond donors (Lipinski definition) is 0. The van der Waals surface area contributed by atoms with Gasteiger partial charge in [-0.2, -0.15) is 0 Å². The quantitative estimate of drug-likeness (QED) is 0.501. The van der Waals surface area contributed by atoms with Crippen molar-refractivity contribution in [1.29, 1.82) is 0 Å². The van der Waals surface area contributed by atoms with Crippen LogP contribution in [0.2, 0.25) is 0 Å². The second-order valence-corrected chi connectivity index (χ2v) is 10.7. The molecule has 0 radical (unpaired) electrons. The van der Waals surface area contributed by atoms with Crippen LogP contribution in [0.25, 0.3) is 0 Å². The van der Waals surface area contributed by atoms with Gasteiger partial charge in [-0.05, 0) is 30.7 Å². The largest absolute Gasteiger partial charge is 0.342 e. The molecule has 7 heteroatoms. The molecule has 0 aliphatic carbocycles. The minimum atomic E-state index is 0.0482. The number of aromatic nitrogens is 2. The Kier molecular flexibility index (Phi) is 6.88. The first-order valence-corrected chi connectivity index (χ1v) is 12.6. The number of piperidine rings is 1. The van der Waals surface area contributed by atoms with Crippen LogP contribution in [-0.2, 0) is 24.2 Å². The lowest BCUT2D eigenvalue weighted by Gasteiger charge is -2.30. The number of carbonyl (C=O) groups is 1. The highest BCUT2D eigenvalue weighted by molar-refractivity contribution is 8.00. The molecular formula is C23H29N3O2S2. The fraction of sp³-hybridized carbons (Fsp3) is 0.522. The van der Waals surface area contributed by atoms with E-state index in [0.717, 1.165) is 49.4 Å². The van der Waals surface area contributed by atoms with E-state index >= 15 is 0 Å². The van der Waals surface area contributed by atoms with Gasteiger partial charge in [0.15, 0.2) is 5.16 Å². The molecule has 2 aromatic rings. The average molecular weight is 444 g/mol. The molecule has 30 heavy (non-hydrogen) atoms. The lowest BCUT2D eigenvalue weighted by Crippen LogP contribution is -2.39. The molecule has 0 spiro atoms. The molecule has 2 aliphatic rings. The van der Waals surface area contributed by atoms with Crippen LogP contribution in [0, 0.1) is 5.92 Å². The van der Waals surface area contributed by atoms with Crippen molar-refractivity contribution in [2.75, 3.05) is 18.8 Å². The average Bonchev–Trinajstić information content (AvgIpc) is 3.13. The Morgan fingerprint density at radius 1 is 1.20 bits per heavy atom. The van der Waals surface area contributed by atoms with Gasteiger partial charge >= 0.3 is 0 Å². The lowest BCUT2D eigenvalue weighted by molar-refractivity contribution is -0.129. The molecule has 0 N–H and O–H groups in total. The first-order chi connectivity index (χ1) is 14.5. The van der Waals surface area contributed by atoms with Crippen molar-refractivity contribution in [3.05, 3.63) is 51.9 Å². The predicted octanol–water partition coefficient (Wildman–Crippen LogP) is 3.87. The van der Waals surface area contributed by atoms with E-state index in [1.54, 1.807) is 16.3 Å². The van der Waals surface area contributed by atoms with Crippen molar-refractivity contribution in [1.82, 2.24) is 14.5 Å². The minimum Gasteiger partial charge on any atom is -0.342 e. The molecule has 2 aliphatic heterocycles. The zero-order chi connectivity index (χ0) is 21.1. The SMILES string of the molecule is CC1CCN(C(=O)CSc2nc3c(c(=O)n2CCc2ccccc2)S[C@@H](C)C3)CC1. The Balaban J connectivity index is 1.52. The van der Waals surface area contributed by atoms with Gasteiger partial charge in [-0.15, -0.1) is 11.8 Å². The Morgan fingerprint density at radius 2 is 1.93 bits per heavy atom. The number of aryl methyl sites for hydroxylation is 1. The number of nitrogens with zero attached hydrogens (tertiary/aromatic N) is 3. The van der Waals surface area contributed by atoms with E-state index < -0.39 is 0 Å². The summed E-state index contributed by atoms with van der Waals surface area (Å²) >= 11 is 3.05. The molecule has 0 unspecified atom stereocenters. The fourth-order valence-electron chi connectivity index (χ4n) is 4.00. The molecule has 1 fully saturated rings. The van der Waals surface area contributed by atoms with Crippen LogP contribution < -0.4 is 5.56 Å². The van der Waals surface area contributed by atoms with E-state index in [-0.39, 0.29) is 11.5 Å². The standard InChI is InChI=1S/C23H29N3O2S2/c1-16-8-11-25(12-9-16)20(27)15-29-23-24-19-14-17(2)30-21(19)22(28)26(23)13-10-18-6-4-3-5-7-18/h3-7,16-17H,8-15H2,1-2H3/t17-/m0/s1. The maximum Gasteiger partial charge on any atom is 0.268 e. The van der Waals surface area contributed by atoms with Crippen molar-refractivity contribution < 1.29 is 4.79 Å². The number of rotatable bonds is 6. The van der Waals surface area contributed by atoms with Crippen LogP contribution >= 0.6 is 23.5 Å². The number of carbonyl (C=O) groups excluding carboxylic acids is 1. The molecule has 1 atom stereocenters. The summed E-state index contributed by atoms with van der Waals surface area (Å²) in [4.78, 5) is 33.5. The summed E-state index contributed by atoms with van der Waals surface area (Å²) in [6, 6.07) is 10.2. The third kappa shape index (κ3) is 4.94. The van der Waals surface area contributed by atoms with Crippen LogP contribution in [0.5, 0.6) is 0 Å². The first-order valence-electron chi connectivity index (χ1n) is 10.8. The molecule has 1 saturated heterocycles. The van der Waals surface area contributed by atoms with Crippen LogP contribution in [0.4, 0.5) is 0 Å². The monoisotopic (exact) mass is 443 g/mol. The zero-order valence-corrected chi connectivity index (χ0v) is 19.3. The minimum absolute atomic E-state index is 0.0482. The van der Waals surface area contributed by atoms with E-state index in [1.165, 1.54) is 17.3 Å². The smallest absolute Gasteiger partial charge is 0.268 e. The first kappa shape index (κ1) is 21.5. The van der Waals surface area contributed by atoms with E-state index in [1.807, 2.05) is 23.1 Å². The van der Waals surface area contributed by atoms with Crippen molar-refractivity contribution in [2.24, 2.45) is 5.92 Å². The molecule has 0 bridgehead atoms. The summed E-state index contributed by atoms with van der Waals surface area (Å²) in [5, 5.41) is 1.06. The van der Waals surface area contributed by atoms with Gasteiger partial charge in [0, 0.05) is 31.3 Å². The second-order valence-electron chi connectivity index (χ2n) is 8.35. The van der Waals surface area contributed by atoms with Crippen LogP contribution in [0.15, 0.2) is 45.2 Å². The molecule has 160 valence electrons. The Labute approximate surface area is 186 Å². The van der Waals surface area contributed by atoms with Crippen LogP contribution in [0.3, 0.4) is 0 Å². The highest BCUT2D eigenvalue weighted by Crippen LogP contribution is 2.34. The molecule has 0 saturated carbocycles. The number of fused-ring (bicyclic) bond motifs is 1. The lowest BCUT2D eigenvalue weighted by atomic mass is 9.99. The number of likely N-dealkylation sites (tertiary alicyclic amines) is 1. The number of amides is 1. The van der Waals surface area contributed by atoms with Gasteiger partial charge in [0.2, 0.25) is 5.91 Å². The summed E-state index contributed by atoms with van der Waals surface area (Å²) in [6.07, 6.45) is 3.74. The summed E-state index contributed by atoms with van der Waals surface area (Å²) in [5.41, 5.74) is 2.14. The maximum atomic E-state index is 13.2. The van der Waals surface area contributed by atoms with Gasteiger partial charge in [-0.1, -0.05) is 55.9 Å². The Hall–Kier alpha value is -1.73. The van der Waals surface area contributed by atoms with Gasteiger partial charge in [0.05, 0.1) is 16.3 Å². The number of benzene rings is 1. The molecule has 1 amide bonds. The van der Waals surface area contributed by atoms with Crippen molar-refractivity contribution in [3.8, 4) is 0 Å². The Morgan fingerprint density at radius 3 is 2.67 bits per heavy atom. The topological polar surface area (TPSA) is 55.2 Å². The Bertz CT molecular complexity index is 953. The second kappa shape index (κ2) is 9.60. The summed E-state index contributed by atoms with van der Waals surface area (Å²) in [7, 11) is 0. The summed E-state index contributed by atoms with van der Waals surface area (Å²) < 4.78 is 1.78. The zero-order valence-electron chi connectivity index (χ0n) is 17.7. The summed E-state index contributed by atoms with van der Waals surface area (Å²) in [6.45, 7) is 6.64.